The predicted molar refractivity (Wildman–Crippen MR) is 76.0 cm³/mol. The molecule has 1 N–H and O–H groups in total. The van der Waals surface area contributed by atoms with Crippen LogP contribution in [0.3, 0.4) is 0 Å². The van der Waals surface area contributed by atoms with Gasteiger partial charge in [-0.3, -0.25) is 9.89 Å². The number of nitrogens with zero attached hydrogens (tertiary/aromatic N) is 3. The van der Waals surface area contributed by atoms with Gasteiger partial charge in [0.15, 0.2) is 5.65 Å². The van der Waals surface area contributed by atoms with Crippen molar-refractivity contribution in [2.24, 2.45) is 0 Å². The Morgan fingerprint density at radius 2 is 2.10 bits per heavy atom. The van der Waals surface area contributed by atoms with E-state index in [-0.39, 0.29) is 16.8 Å². The molecule has 0 saturated heterocycles. The van der Waals surface area contributed by atoms with Crippen molar-refractivity contribution in [3.05, 3.63) is 56.4 Å². The van der Waals surface area contributed by atoms with Gasteiger partial charge in [0.2, 0.25) is 0 Å². The molecule has 0 fully saturated rings. The average Bonchev–Trinajstić information content (AvgIpc) is 2.78. The molecule has 20 heavy (non-hydrogen) atoms. The average molecular weight is 305 g/mol. The monoisotopic (exact) mass is 304 g/mol. The van der Waals surface area contributed by atoms with Crippen LogP contribution in [0.5, 0.6) is 0 Å². The quantitative estimate of drug-likeness (QED) is 0.751. The maximum absolute atomic E-state index is 11.8. The second kappa shape index (κ2) is 4.67. The Morgan fingerprint density at radius 3 is 2.80 bits per heavy atom. The lowest BCUT2D eigenvalue weighted by Gasteiger charge is -2.02. The summed E-state index contributed by atoms with van der Waals surface area (Å²) in [5.74, 6) is 0. The molecular weight excluding hydrogens is 299 g/mol. The smallest absolute Gasteiger partial charge is 0.272 e. The van der Waals surface area contributed by atoms with Gasteiger partial charge in [0, 0.05) is 22.8 Å². The van der Waals surface area contributed by atoms with Crippen molar-refractivity contribution in [2.45, 2.75) is 0 Å². The third-order valence-electron chi connectivity index (χ3n) is 2.86. The lowest BCUT2D eigenvalue weighted by atomic mass is 10.1. The van der Waals surface area contributed by atoms with Crippen LogP contribution in [0.1, 0.15) is 5.56 Å². The standard InChI is InChI=1S/C13H6Cl2N4O/c14-7-1-2-8(10(15)5-7)12-9(6-16)13-17-4-3-11(20)19(13)18-12/h1-5,18H. The molecule has 0 radical (unpaired) electrons. The topological polar surface area (TPSA) is 73.9 Å². The number of halogens is 2. The fourth-order valence-electron chi connectivity index (χ4n) is 1.97. The van der Waals surface area contributed by atoms with E-state index in [0.717, 1.165) is 0 Å². The highest BCUT2D eigenvalue weighted by molar-refractivity contribution is 6.36. The number of benzene rings is 1. The number of hydrogen-bond acceptors (Lipinski definition) is 3. The summed E-state index contributed by atoms with van der Waals surface area (Å²) in [6, 6.07) is 8.26. The SMILES string of the molecule is N#Cc1c(-c2ccc(Cl)cc2Cl)[nH]n2c(=O)ccnc12. The highest BCUT2D eigenvalue weighted by Crippen LogP contribution is 2.32. The van der Waals surface area contributed by atoms with Crippen molar-refractivity contribution in [1.29, 1.82) is 5.26 Å². The Kier molecular flexibility index (Phi) is 2.97. The number of aromatic amines is 1. The number of H-pyrrole nitrogens is 1. The minimum atomic E-state index is -0.303. The van der Waals surface area contributed by atoms with Crippen LogP contribution in [0, 0.1) is 11.3 Å². The summed E-state index contributed by atoms with van der Waals surface area (Å²) in [7, 11) is 0. The highest BCUT2D eigenvalue weighted by atomic mass is 35.5. The van der Waals surface area contributed by atoms with Crippen LogP contribution in [0.2, 0.25) is 10.0 Å². The number of hydrogen-bond donors (Lipinski definition) is 1. The molecule has 0 aliphatic heterocycles. The molecule has 2 heterocycles. The molecule has 0 aliphatic carbocycles. The molecule has 0 amide bonds. The Balaban J connectivity index is 2.40. The summed E-state index contributed by atoms with van der Waals surface area (Å²) >= 11 is 12.0. The van der Waals surface area contributed by atoms with Gasteiger partial charge in [-0.25, -0.2) is 4.98 Å². The van der Waals surface area contributed by atoms with Gasteiger partial charge in [0.1, 0.15) is 11.6 Å². The van der Waals surface area contributed by atoms with Crippen LogP contribution in [-0.2, 0) is 0 Å². The Morgan fingerprint density at radius 1 is 1.30 bits per heavy atom. The zero-order valence-electron chi connectivity index (χ0n) is 9.89. The van der Waals surface area contributed by atoms with Crippen molar-refractivity contribution in [3.8, 4) is 17.3 Å². The number of nitriles is 1. The Labute approximate surface area is 123 Å². The first kappa shape index (κ1) is 12.7. The molecule has 0 saturated carbocycles. The number of nitrogens with one attached hydrogen (secondary N) is 1. The highest BCUT2D eigenvalue weighted by Gasteiger charge is 2.17. The molecule has 0 aliphatic rings. The summed E-state index contributed by atoms with van der Waals surface area (Å²) in [5, 5.41) is 13.0. The summed E-state index contributed by atoms with van der Waals surface area (Å²) < 4.78 is 1.21. The Hall–Kier alpha value is -2.29. The predicted octanol–water partition coefficient (Wildman–Crippen LogP) is 2.87. The van der Waals surface area contributed by atoms with Crippen molar-refractivity contribution >= 4 is 28.8 Å². The van der Waals surface area contributed by atoms with E-state index in [4.69, 9.17) is 23.2 Å². The minimum absolute atomic E-state index is 0.256. The first-order valence-electron chi connectivity index (χ1n) is 5.57. The lowest BCUT2D eigenvalue weighted by molar-refractivity contribution is 0.903. The zero-order valence-corrected chi connectivity index (χ0v) is 11.4. The van der Waals surface area contributed by atoms with Crippen LogP contribution in [0.25, 0.3) is 16.9 Å². The second-order valence-corrected chi connectivity index (χ2v) is 4.88. The zero-order chi connectivity index (χ0) is 14.3. The van der Waals surface area contributed by atoms with E-state index in [1.807, 2.05) is 6.07 Å². The van der Waals surface area contributed by atoms with Crippen LogP contribution in [0.4, 0.5) is 0 Å². The summed E-state index contributed by atoms with van der Waals surface area (Å²) in [5.41, 5.74) is 1.23. The molecule has 3 rings (SSSR count). The number of aromatic nitrogens is 3. The van der Waals surface area contributed by atoms with E-state index < -0.39 is 0 Å². The summed E-state index contributed by atoms with van der Waals surface area (Å²) in [6.45, 7) is 0. The first-order valence-corrected chi connectivity index (χ1v) is 6.32. The molecule has 0 spiro atoms. The van der Waals surface area contributed by atoms with Crippen molar-refractivity contribution in [1.82, 2.24) is 14.6 Å². The van der Waals surface area contributed by atoms with E-state index >= 15 is 0 Å². The maximum Gasteiger partial charge on any atom is 0.272 e. The largest absolute Gasteiger partial charge is 0.287 e. The van der Waals surface area contributed by atoms with E-state index in [0.29, 0.717) is 21.3 Å². The van der Waals surface area contributed by atoms with Gasteiger partial charge >= 0.3 is 0 Å². The van der Waals surface area contributed by atoms with Crippen LogP contribution in [0.15, 0.2) is 35.3 Å². The molecule has 98 valence electrons. The molecule has 0 unspecified atom stereocenters. The molecule has 1 aromatic carbocycles. The van der Waals surface area contributed by atoms with E-state index in [1.165, 1.54) is 16.8 Å². The molecule has 3 aromatic rings. The molecule has 2 aromatic heterocycles. The summed E-state index contributed by atoms with van der Waals surface area (Å²) in [4.78, 5) is 15.8. The van der Waals surface area contributed by atoms with E-state index in [1.54, 1.807) is 18.2 Å². The maximum atomic E-state index is 11.8. The van der Waals surface area contributed by atoms with E-state index in [2.05, 4.69) is 10.1 Å². The second-order valence-electron chi connectivity index (χ2n) is 4.04. The fraction of sp³-hybridized carbons (Fsp3) is 0. The van der Waals surface area contributed by atoms with Gasteiger partial charge in [-0.2, -0.15) is 9.78 Å². The number of rotatable bonds is 1. The molecule has 5 nitrogen and oxygen atoms in total. The van der Waals surface area contributed by atoms with Gasteiger partial charge in [-0.15, -0.1) is 0 Å². The third kappa shape index (κ3) is 1.86. The van der Waals surface area contributed by atoms with Crippen molar-refractivity contribution < 1.29 is 0 Å². The first-order chi connectivity index (χ1) is 9.61. The fourth-order valence-corrected chi connectivity index (χ4v) is 2.47. The van der Waals surface area contributed by atoms with Gasteiger partial charge in [0.05, 0.1) is 10.7 Å². The molecule has 0 bridgehead atoms. The molecule has 0 atom stereocenters. The van der Waals surface area contributed by atoms with Crippen molar-refractivity contribution in [2.75, 3.05) is 0 Å². The Bertz CT molecular complexity index is 920. The lowest BCUT2D eigenvalue weighted by Crippen LogP contribution is -2.12. The van der Waals surface area contributed by atoms with Gasteiger partial charge in [-0.05, 0) is 18.2 Å². The minimum Gasteiger partial charge on any atom is -0.287 e. The van der Waals surface area contributed by atoms with Gasteiger partial charge in [-0.1, -0.05) is 23.2 Å². The normalized spacial score (nSPS) is 10.7. The molecule has 7 heteroatoms. The third-order valence-corrected chi connectivity index (χ3v) is 3.40. The van der Waals surface area contributed by atoms with Crippen LogP contribution < -0.4 is 5.56 Å². The van der Waals surface area contributed by atoms with Crippen molar-refractivity contribution in [3.63, 3.8) is 0 Å². The molecular formula is C13H6Cl2N4O. The van der Waals surface area contributed by atoms with E-state index in [9.17, 15) is 10.1 Å². The number of fused-ring (bicyclic) bond motifs is 1. The summed E-state index contributed by atoms with van der Waals surface area (Å²) in [6.07, 6.45) is 1.36. The van der Waals surface area contributed by atoms with Crippen LogP contribution in [-0.4, -0.2) is 14.6 Å². The van der Waals surface area contributed by atoms with Gasteiger partial charge in [0.25, 0.3) is 5.56 Å². The van der Waals surface area contributed by atoms with Crippen LogP contribution >= 0.6 is 23.2 Å². The van der Waals surface area contributed by atoms with Gasteiger partial charge < -0.3 is 0 Å².